The van der Waals surface area contributed by atoms with E-state index in [9.17, 15) is 13.6 Å². The number of ether oxygens (including phenoxy) is 2. The van der Waals surface area contributed by atoms with E-state index in [0.717, 1.165) is 10.4 Å². The Morgan fingerprint density at radius 2 is 1.96 bits per heavy atom. The van der Waals surface area contributed by atoms with Crippen LogP contribution in [0.4, 0.5) is 13.9 Å². The maximum absolute atomic E-state index is 12.5. The third kappa shape index (κ3) is 5.13. The number of nitrogens with two attached hydrogens (primary N) is 1. The van der Waals surface area contributed by atoms with Crippen LogP contribution in [0.3, 0.4) is 0 Å². The Balaban J connectivity index is 0.00000261. The molecule has 0 radical (unpaired) electrons. The quantitative estimate of drug-likeness (QED) is 0.773. The number of alkyl halides is 2. The third-order valence-electron chi connectivity index (χ3n) is 4.21. The number of aromatic nitrogens is 1. The summed E-state index contributed by atoms with van der Waals surface area (Å²) < 4.78 is 34.0. The summed E-state index contributed by atoms with van der Waals surface area (Å²) in [5, 5.41) is 3.24. The van der Waals surface area contributed by atoms with Gasteiger partial charge in [-0.3, -0.25) is 4.79 Å². The van der Waals surface area contributed by atoms with Gasteiger partial charge in [0.25, 0.3) is 0 Å². The lowest BCUT2D eigenvalue weighted by Crippen LogP contribution is -2.54. The molecule has 3 rings (SSSR count). The van der Waals surface area contributed by atoms with Crippen molar-refractivity contribution in [1.29, 1.82) is 0 Å². The van der Waals surface area contributed by atoms with Gasteiger partial charge in [0.1, 0.15) is 11.3 Å². The van der Waals surface area contributed by atoms with Crippen LogP contribution >= 0.6 is 23.7 Å². The Kier molecular flexibility index (Phi) is 7.10. The van der Waals surface area contributed by atoms with Gasteiger partial charge in [0.15, 0.2) is 5.13 Å². The van der Waals surface area contributed by atoms with E-state index in [0.29, 0.717) is 36.9 Å². The van der Waals surface area contributed by atoms with Gasteiger partial charge in [0, 0.05) is 23.7 Å². The molecular formula is C17H20ClF2N3O3S. The molecule has 10 heteroatoms. The molecule has 0 unspecified atom stereocenters. The van der Waals surface area contributed by atoms with E-state index < -0.39 is 12.2 Å². The molecule has 148 valence electrons. The predicted octanol–water partition coefficient (Wildman–Crippen LogP) is 3.59. The molecule has 1 aromatic heterocycles. The van der Waals surface area contributed by atoms with E-state index in [-0.39, 0.29) is 24.1 Å². The summed E-state index contributed by atoms with van der Waals surface area (Å²) in [4.78, 5) is 17.8. The van der Waals surface area contributed by atoms with Crippen molar-refractivity contribution in [3.05, 3.63) is 29.1 Å². The van der Waals surface area contributed by atoms with Crippen molar-refractivity contribution in [2.75, 3.05) is 18.5 Å². The van der Waals surface area contributed by atoms with Crippen LogP contribution in [0, 0.1) is 6.92 Å². The number of hydrogen-bond donors (Lipinski definition) is 2. The van der Waals surface area contributed by atoms with Crippen LogP contribution in [-0.4, -0.2) is 36.3 Å². The minimum absolute atomic E-state index is 0. The topological polar surface area (TPSA) is 86.5 Å². The minimum Gasteiger partial charge on any atom is -0.435 e. The number of nitrogens with zero attached hydrogens (tertiary/aromatic N) is 1. The summed E-state index contributed by atoms with van der Waals surface area (Å²) in [6.45, 7) is -0.0747. The molecule has 1 aliphatic rings. The monoisotopic (exact) mass is 419 g/mol. The van der Waals surface area contributed by atoms with Gasteiger partial charge >= 0.3 is 6.61 Å². The smallest absolute Gasteiger partial charge is 0.387 e. The van der Waals surface area contributed by atoms with Crippen molar-refractivity contribution in [2.45, 2.75) is 31.9 Å². The van der Waals surface area contributed by atoms with Crippen LogP contribution in [0.2, 0.25) is 0 Å². The van der Waals surface area contributed by atoms with Crippen molar-refractivity contribution < 1.29 is 23.0 Å². The molecule has 1 aromatic carbocycles. The maximum Gasteiger partial charge on any atom is 0.387 e. The van der Waals surface area contributed by atoms with Gasteiger partial charge in [-0.05, 0) is 44.0 Å². The highest BCUT2D eigenvalue weighted by atomic mass is 35.5. The molecule has 1 saturated heterocycles. The first-order valence-corrected chi connectivity index (χ1v) is 8.90. The third-order valence-corrected chi connectivity index (χ3v) is 5.09. The van der Waals surface area contributed by atoms with Crippen molar-refractivity contribution >= 4 is 34.8 Å². The molecule has 2 heterocycles. The predicted molar refractivity (Wildman–Crippen MR) is 102 cm³/mol. The molecule has 1 aliphatic heterocycles. The lowest BCUT2D eigenvalue weighted by atomic mass is 9.90. The summed E-state index contributed by atoms with van der Waals surface area (Å²) in [5.41, 5.74) is 6.64. The number of aryl methyl sites for hydroxylation is 1. The normalized spacial score (nSPS) is 15.9. The number of amides is 1. The number of nitrogens with one attached hydrogen (secondary N) is 1. The van der Waals surface area contributed by atoms with Gasteiger partial charge < -0.3 is 20.5 Å². The molecule has 27 heavy (non-hydrogen) atoms. The first-order valence-electron chi connectivity index (χ1n) is 8.08. The molecule has 1 fully saturated rings. The Labute approximate surface area is 165 Å². The van der Waals surface area contributed by atoms with Crippen molar-refractivity contribution in [3.63, 3.8) is 0 Å². The zero-order chi connectivity index (χ0) is 18.7. The van der Waals surface area contributed by atoms with Gasteiger partial charge in [-0.15, -0.1) is 23.7 Å². The van der Waals surface area contributed by atoms with Crippen LogP contribution in [0.15, 0.2) is 24.3 Å². The van der Waals surface area contributed by atoms with Crippen LogP contribution in [-0.2, 0) is 9.53 Å². The molecular weight excluding hydrogens is 400 g/mol. The number of hydrogen-bond acceptors (Lipinski definition) is 6. The highest BCUT2D eigenvalue weighted by Crippen LogP contribution is 2.32. The summed E-state index contributed by atoms with van der Waals surface area (Å²) >= 11 is 1.33. The number of carbonyl (C=O) groups is 1. The Morgan fingerprint density at radius 1 is 1.33 bits per heavy atom. The van der Waals surface area contributed by atoms with Crippen molar-refractivity contribution in [1.82, 2.24) is 4.98 Å². The lowest BCUT2D eigenvalue weighted by Gasteiger charge is -2.31. The zero-order valence-electron chi connectivity index (χ0n) is 14.5. The number of carbonyl (C=O) groups excluding carboxylic acids is 1. The van der Waals surface area contributed by atoms with Crippen LogP contribution < -0.4 is 15.8 Å². The number of anilines is 1. The fourth-order valence-corrected chi connectivity index (χ4v) is 3.53. The number of benzene rings is 1. The molecule has 0 atom stereocenters. The van der Waals surface area contributed by atoms with E-state index >= 15 is 0 Å². The Morgan fingerprint density at radius 3 is 2.56 bits per heavy atom. The van der Waals surface area contributed by atoms with E-state index in [1.807, 2.05) is 6.92 Å². The first kappa shape index (κ1) is 21.5. The standard InChI is InChI=1S/C17H19F2N3O3S.ClH/c1-10-13(11-2-4-12(5-3-11)25-15(18)19)21-16(26-10)22-14(23)17(20)6-8-24-9-7-17;/h2-5,15H,6-9,20H2,1H3,(H,21,22,23);1H. The van der Waals surface area contributed by atoms with Gasteiger partial charge in [-0.25, -0.2) is 4.98 Å². The second-order valence-electron chi connectivity index (χ2n) is 6.05. The van der Waals surface area contributed by atoms with Crippen LogP contribution in [0.25, 0.3) is 11.3 Å². The second-order valence-corrected chi connectivity index (χ2v) is 7.25. The maximum atomic E-state index is 12.5. The zero-order valence-corrected chi connectivity index (χ0v) is 16.2. The Hall–Kier alpha value is -1.81. The van der Waals surface area contributed by atoms with E-state index in [1.165, 1.54) is 23.5 Å². The average molecular weight is 420 g/mol. The van der Waals surface area contributed by atoms with Crippen molar-refractivity contribution in [3.8, 4) is 17.0 Å². The minimum atomic E-state index is -2.86. The number of thiazole rings is 1. The summed E-state index contributed by atoms with van der Waals surface area (Å²) in [7, 11) is 0. The van der Waals surface area contributed by atoms with Crippen LogP contribution in [0.1, 0.15) is 17.7 Å². The molecule has 0 saturated carbocycles. The van der Waals surface area contributed by atoms with Gasteiger partial charge in [-0.1, -0.05) is 0 Å². The van der Waals surface area contributed by atoms with E-state index in [2.05, 4.69) is 15.0 Å². The lowest BCUT2D eigenvalue weighted by molar-refractivity contribution is -0.124. The fourth-order valence-electron chi connectivity index (χ4n) is 2.70. The summed E-state index contributed by atoms with van der Waals surface area (Å²) in [6, 6.07) is 6.20. The SMILES string of the molecule is Cc1sc(NC(=O)C2(N)CCOCC2)nc1-c1ccc(OC(F)F)cc1.Cl. The van der Waals surface area contributed by atoms with E-state index in [1.54, 1.807) is 12.1 Å². The van der Waals surface area contributed by atoms with Gasteiger partial charge in [-0.2, -0.15) is 8.78 Å². The first-order chi connectivity index (χ1) is 12.4. The van der Waals surface area contributed by atoms with Crippen LogP contribution in [0.5, 0.6) is 5.75 Å². The summed E-state index contributed by atoms with van der Waals surface area (Å²) in [6.07, 6.45) is 0.920. The molecule has 1 amide bonds. The molecule has 2 aromatic rings. The molecule has 0 spiro atoms. The number of rotatable bonds is 5. The average Bonchev–Trinajstić information content (AvgIpc) is 2.96. The largest absolute Gasteiger partial charge is 0.435 e. The van der Waals surface area contributed by atoms with Gasteiger partial charge in [0.05, 0.1) is 5.69 Å². The Bertz CT molecular complexity index is 780. The summed E-state index contributed by atoms with van der Waals surface area (Å²) in [5.74, 6) is -0.198. The molecule has 0 aliphatic carbocycles. The molecule has 3 N–H and O–H groups in total. The van der Waals surface area contributed by atoms with Crippen molar-refractivity contribution in [2.24, 2.45) is 5.73 Å². The number of halogens is 3. The van der Waals surface area contributed by atoms with Gasteiger partial charge in [0.2, 0.25) is 5.91 Å². The fraction of sp³-hybridized carbons (Fsp3) is 0.412. The highest BCUT2D eigenvalue weighted by Gasteiger charge is 2.36. The highest BCUT2D eigenvalue weighted by molar-refractivity contribution is 7.16. The molecule has 0 bridgehead atoms. The second kappa shape index (κ2) is 8.92. The molecule has 6 nitrogen and oxygen atoms in total. The van der Waals surface area contributed by atoms with E-state index in [4.69, 9.17) is 10.5 Å².